The Morgan fingerprint density at radius 1 is 1.17 bits per heavy atom. The summed E-state index contributed by atoms with van der Waals surface area (Å²) in [7, 11) is 0. The van der Waals surface area contributed by atoms with Crippen LogP contribution in [0.4, 0.5) is 10.1 Å². The number of rotatable bonds is 4. The van der Waals surface area contributed by atoms with Gasteiger partial charge in [-0.15, -0.1) is 0 Å². The van der Waals surface area contributed by atoms with Crippen LogP contribution < -0.4 is 5.32 Å². The van der Waals surface area contributed by atoms with Crippen LogP contribution >= 0.6 is 15.9 Å². The Morgan fingerprint density at radius 3 is 2.67 bits per heavy atom. The van der Waals surface area contributed by atoms with Gasteiger partial charge in [0.05, 0.1) is 4.47 Å². The molecule has 0 bridgehead atoms. The van der Waals surface area contributed by atoms with E-state index in [1.165, 1.54) is 5.56 Å². The minimum Gasteiger partial charge on any atom is -0.381 e. The van der Waals surface area contributed by atoms with Gasteiger partial charge in [0.2, 0.25) is 0 Å². The molecule has 0 aromatic heterocycles. The van der Waals surface area contributed by atoms with Crippen molar-refractivity contribution >= 4 is 21.6 Å². The number of halogens is 2. The monoisotopic (exact) mass is 307 g/mol. The molecule has 0 saturated carbocycles. The molecule has 0 spiro atoms. The highest BCUT2D eigenvalue weighted by molar-refractivity contribution is 9.10. The first kappa shape index (κ1) is 13.1. The van der Waals surface area contributed by atoms with Gasteiger partial charge < -0.3 is 5.32 Å². The molecular formula is C15H15BrFN. The van der Waals surface area contributed by atoms with Crippen LogP contribution in [0.2, 0.25) is 0 Å². The topological polar surface area (TPSA) is 12.0 Å². The molecule has 2 rings (SSSR count). The fourth-order valence-corrected chi connectivity index (χ4v) is 2.09. The highest BCUT2D eigenvalue weighted by Gasteiger charge is 2.02. The minimum atomic E-state index is -0.224. The Hall–Kier alpha value is -1.35. The average molecular weight is 308 g/mol. The van der Waals surface area contributed by atoms with E-state index < -0.39 is 0 Å². The zero-order valence-electron chi connectivity index (χ0n) is 10.2. The summed E-state index contributed by atoms with van der Waals surface area (Å²) in [5, 5.41) is 3.35. The number of benzene rings is 2. The molecule has 0 aliphatic heterocycles. The van der Waals surface area contributed by atoms with Gasteiger partial charge in [0.25, 0.3) is 0 Å². The van der Waals surface area contributed by atoms with Crippen LogP contribution in [-0.2, 0) is 13.0 Å². The standard InChI is InChI=1S/C15H15BrFN/c1-2-12-5-3-4-6-15(12)18-10-11-7-8-13(16)14(17)9-11/h3-9,18H,2,10H2,1H3. The Balaban J connectivity index is 2.09. The van der Waals surface area contributed by atoms with Gasteiger partial charge >= 0.3 is 0 Å². The van der Waals surface area contributed by atoms with Crippen molar-refractivity contribution in [1.29, 1.82) is 0 Å². The van der Waals surface area contributed by atoms with Crippen LogP contribution in [0, 0.1) is 5.82 Å². The van der Waals surface area contributed by atoms with Crippen LogP contribution in [0.25, 0.3) is 0 Å². The molecule has 0 aliphatic rings. The van der Waals surface area contributed by atoms with E-state index in [0.717, 1.165) is 17.7 Å². The van der Waals surface area contributed by atoms with Crippen molar-refractivity contribution in [3.8, 4) is 0 Å². The summed E-state index contributed by atoms with van der Waals surface area (Å²) >= 11 is 3.15. The van der Waals surface area contributed by atoms with Gasteiger partial charge in [-0.05, 0) is 51.7 Å². The van der Waals surface area contributed by atoms with E-state index in [4.69, 9.17) is 0 Å². The molecule has 1 N–H and O–H groups in total. The third-order valence-corrected chi connectivity index (χ3v) is 3.51. The third-order valence-electron chi connectivity index (χ3n) is 2.87. The van der Waals surface area contributed by atoms with Crippen LogP contribution in [-0.4, -0.2) is 0 Å². The van der Waals surface area contributed by atoms with Crippen molar-refractivity contribution in [3.63, 3.8) is 0 Å². The maximum Gasteiger partial charge on any atom is 0.137 e. The number of aryl methyl sites for hydroxylation is 1. The highest BCUT2D eigenvalue weighted by Crippen LogP contribution is 2.19. The lowest BCUT2D eigenvalue weighted by Gasteiger charge is -2.11. The second-order valence-electron chi connectivity index (χ2n) is 4.11. The lowest BCUT2D eigenvalue weighted by molar-refractivity contribution is 0.619. The molecule has 2 aromatic carbocycles. The molecule has 3 heteroatoms. The molecule has 0 aliphatic carbocycles. The summed E-state index contributed by atoms with van der Waals surface area (Å²) in [6.45, 7) is 2.75. The van der Waals surface area contributed by atoms with E-state index in [0.29, 0.717) is 11.0 Å². The van der Waals surface area contributed by atoms with Gasteiger partial charge in [-0.2, -0.15) is 0 Å². The summed E-state index contributed by atoms with van der Waals surface area (Å²) in [4.78, 5) is 0. The number of hydrogen-bond donors (Lipinski definition) is 1. The van der Waals surface area contributed by atoms with E-state index in [1.807, 2.05) is 24.3 Å². The van der Waals surface area contributed by atoms with Crippen molar-refractivity contribution in [1.82, 2.24) is 0 Å². The smallest absolute Gasteiger partial charge is 0.137 e. The number of hydrogen-bond acceptors (Lipinski definition) is 1. The van der Waals surface area contributed by atoms with Crippen LogP contribution in [0.1, 0.15) is 18.1 Å². The van der Waals surface area contributed by atoms with Crippen molar-refractivity contribution in [2.75, 3.05) is 5.32 Å². The van der Waals surface area contributed by atoms with Crippen LogP contribution in [0.5, 0.6) is 0 Å². The molecule has 0 saturated heterocycles. The summed E-state index contributed by atoms with van der Waals surface area (Å²) in [5.74, 6) is -0.224. The predicted molar refractivity (Wildman–Crippen MR) is 77.2 cm³/mol. The molecule has 1 nitrogen and oxygen atoms in total. The van der Waals surface area contributed by atoms with Crippen molar-refractivity contribution in [2.24, 2.45) is 0 Å². The van der Waals surface area contributed by atoms with E-state index >= 15 is 0 Å². The maximum atomic E-state index is 13.4. The molecule has 0 radical (unpaired) electrons. The molecule has 0 atom stereocenters. The zero-order valence-corrected chi connectivity index (χ0v) is 11.8. The van der Waals surface area contributed by atoms with Crippen molar-refractivity contribution < 1.29 is 4.39 Å². The van der Waals surface area contributed by atoms with Gasteiger partial charge in [-0.3, -0.25) is 0 Å². The second-order valence-corrected chi connectivity index (χ2v) is 4.97. The summed E-state index contributed by atoms with van der Waals surface area (Å²) in [5.41, 5.74) is 3.32. The Morgan fingerprint density at radius 2 is 1.94 bits per heavy atom. The predicted octanol–water partition coefficient (Wildman–Crippen LogP) is 4.76. The quantitative estimate of drug-likeness (QED) is 0.858. The minimum absolute atomic E-state index is 0.224. The lowest BCUT2D eigenvalue weighted by atomic mass is 10.1. The second kappa shape index (κ2) is 6.01. The van der Waals surface area contributed by atoms with E-state index in [9.17, 15) is 4.39 Å². The molecule has 2 aromatic rings. The van der Waals surface area contributed by atoms with Crippen LogP contribution in [0.3, 0.4) is 0 Å². The SMILES string of the molecule is CCc1ccccc1NCc1ccc(Br)c(F)c1. The highest BCUT2D eigenvalue weighted by atomic mass is 79.9. The molecule has 0 heterocycles. The first-order chi connectivity index (χ1) is 8.70. The van der Waals surface area contributed by atoms with Gasteiger partial charge in [0.15, 0.2) is 0 Å². The van der Waals surface area contributed by atoms with Gasteiger partial charge in [0, 0.05) is 12.2 Å². The van der Waals surface area contributed by atoms with E-state index in [1.54, 1.807) is 12.1 Å². The Kier molecular flexibility index (Phi) is 4.37. The molecule has 94 valence electrons. The fraction of sp³-hybridized carbons (Fsp3) is 0.200. The van der Waals surface area contributed by atoms with Crippen molar-refractivity contribution in [3.05, 3.63) is 63.9 Å². The fourth-order valence-electron chi connectivity index (χ4n) is 1.85. The van der Waals surface area contributed by atoms with Crippen molar-refractivity contribution in [2.45, 2.75) is 19.9 Å². The number of nitrogens with one attached hydrogen (secondary N) is 1. The lowest BCUT2D eigenvalue weighted by Crippen LogP contribution is -2.02. The third kappa shape index (κ3) is 3.10. The largest absolute Gasteiger partial charge is 0.381 e. The van der Waals surface area contributed by atoms with E-state index in [2.05, 4.69) is 34.2 Å². The maximum absolute atomic E-state index is 13.4. The first-order valence-corrected chi connectivity index (χ1v) is 6.75. The first-order valence-electron chi connectivity index (χ1n) is 5.96. The summed E-state index contributed by atoms with van der Waals surface area (Å²) in [6, 6.07) is 13.4. The Labute approximate surface area is 115 Å². The zero-order chi connectivity index (χ0) is 13.0. The number of anilines is 1. The van der Waals surface area contributed by atoms with Crippen LogP contribution in [0.15, 0.2) is 46.9 Å². The molecule has 0 fully saturated rings. The molecular weight excluding hydrogens is 293 g/mol. The average Bonchev–Trinajstić information content (AvgIpc) is 2.40. The summed E-state index contributed by atoms with van der Waals surface area (Å²) < 4.78 is 13.9. The number of para-hydroxylation sites is 1. The normalized spacial score (nSPS) is 10.4. The molecule has 0 amide bonds. The molecule has 0 unspecified atom stereocenters. The van der Waals surface area contributed by atoms with Gasteiger partial charge in [-0.1, -0.05) is 31.2 Å². The summed E-state index contributed by atoms with van der Waals surface area (Å²) in [6.07, 6.45) is 0.984. The van der Waals surface area contributed by atoms with E-state index in [-0.39, 0.29) is 5.82 Å². The Bertz CT molecular complexity index is 540. The van der Waals surface area contributed by atoms with Gasteiger partial charge in [0.1, 0.15) is 5.82 Å². The van der Waals surface area contributed by atoms with Gasteiger partial charge in [-0.25, -0.2) is 4.39 Å². The molecule has 18 heavy (non-hydrogen) atoms.